The Hall–Kier alpha value is -2.56. The van der Waals surface area contributed by atoms with Gasteiger partial charge in [0.1, 0.15) is 5.75 Å². The van der Waals surface area contributed by atoms with Gasteiger partial charge in [0, 0.05) is 19.3 Å². The van der Waals surface area contributed by atoms with Gasteiger partial charge in [-0.15, -0.1) is 0 Å². The van der Waals surface area contributed by atoms with Gasteiger partial charge >= 0.3 is 0 Å². The number of nitrogens with zero attached hydrogens (tertiary/aromatic N) is 2. The van der Waals surface area contributed by atoms with Crippen LogP contribution in [-0.4, -0.2) is 31.6 Å². The number of pyridine rings is 1. The number of aromatic nitrogens is 1. The minimum Gasteiger partial charge on any atom is -0.496 e. The average molecular weight is 326 g/mol. The maximum atomic E-state index is 5.42. The van der Waals surface area contributed by atoms with Gasteiger partial charge in [-0.1, -0.05) is 23.8 Å². The minimum absolute atomic E-state index is 0.648. The quantitative estimate of drug-likeness (QED) is 0.633. The molecule has 0 amide bonds. The summed E-state index contributed by atoms with van der Waals surface area (Å²) in [6.45, 7) is 5.51. The summed E-state index contributed by atoms with van der Waals surface area (Å²) in [6.07, 6.45) is 0.869. The van der Waals surface area contributed by atoms with Crippen LogP contribution in [0.1, 0.15) is 22.5 Å². The molecule has 2 aromatic rings. The summed E-state index contributed by atoms with van der Waals surface area (Å²) in [5.74, 6) is 1.69. The predicted molar refractivity (Wildman–Crippen MR) is 98.6 cm³/mol. The van der Waals surface area contributed by atoms with E-state index in [0.717, 1.165) is 36.1 Å². The van der Waals surface area contributed by atoms with Crippen LogP contribution in [0.25, 0.3) is 0 Å². The molecular weight excluding hydrogens is 300 g/mol. The van der Waals surface area contributed by atoms with E-state index >= 15 is 0 Å². The summed E-state index contributed by atoms with van der Waals surface area (Å²) in [4.78, 5) is 8.73. The molecule has 1 aromatic heterocycles. The van der Waals surface area contributed by atoms with Gasteiger partial charge in [-0.25, -0.2) is 0 Å². The number of guanidine groups is 1. The van der Waals surface area contributed by atoms with E-state index in [1.165, 1.54) is 11.1 Å². The van der Waals surface area contributed by atoms with E-state index in [9.17, 15) is 0 Å². The Balaban J connectivity index is 1.85. The van der Waals surface area contributed by atoms with Crippen molar-refractivity contribution in [1.29, 1.82) is 0 Å². The second-order valence-electron chi connectivity index (χ2n) is 5.69. The molecule has 0 saturated heterocycles. The molecule has 1 aromatic carbocycles. The molecule has 0 saturated carbocycles. The number of rotatable bonds is 6. The van der Waals surface area contributed by atoms with E-state index in [0.29, 0.717) is 6.54 Å². The van der Waals surface area contributed by atoms with Crippen LogP contribution in [0.5, 0.6) is 5.75 Å². The second-order valence-corrected chi connectivity index (χ2v) is 5.69. The molecule has 0 atom stereocenters. The van der Waals surface area contributed by atoms with Gasteiger partial charge < -0.3 is 15.4 Å². The SMILES string of the molecule is CN=C(NCCc1cc(C)ccc1OC)NCc1cccc(C)n1. The summed E-state index contributed by atoms with van der Waals surface area (Å²) in [5.41, 5.74) is 4.45. The first-order valence-corrected chi connectivity index (χ1v) is 8.13. The zero-order valence-electron chi connectivity index (χ0n) is 14.9. The zero-order valence-corrected chi connectivity index (χ0v) is 14.9. The molecule has 0 aliphatic rings. The Kier molecular flexibility index (Phi) is 6.61. The van der Waals surface area contributed by atoms with Crippen LogP contribution in [0.15, 0.2) is 41.4 Å². The molecule has 0 bridgehead atoms. The summed E-state index contributed by atoms with van der Waals surface area (Å²) < 4.78 is 5.42. The van der Waals surface area contributed by atoms with Crippen molar-refractivity contribution in [3.05, 3.63) is 58.9 Å². The lowest BCUT2D eigenvalue weighted by Gasteiger charge is -2.13. The first kappa shape index (κ1) is 17.8. The third-order valence-electron chi connectivity index (χ3n) is 3.73. The zero-order chi connectivity index (χ0) is 17.4. The highest BCUT2D eigenvalue weighted by Gasteiger charge is 2.04. The predicted octanol–water partition coefficient (Wildman–Crippen LogP) is 2.61. The molecule has 0 fully saturated rings. The van der Waals surface area contributed by atoms with Crippen molar-refractivity contribution < 1.29 is 4.74 Å². The van der Waals surface area contributed by atoms with E-state index in [2.05, 4.69) is 39.7 Å². The Morgan fingerprint density at radius 2 is 2.00 bits per heavy atom. The number of nitrogens with one attached hydrogen (secondary N) is 2. The Morgan fingerprint density at radius 3 is 2.71 bits per heavy atom. The lowest BCUT2D eigenvalue weighted by atomic mass is 10.1. The third-order valence-corrected chi connectivity index (χ3v) is 3.73. The molecular formula is C19H26N4O. The van der Waals surface area contributed by atoms with Gasteiger partial charge in [-0.3, -0.25) is 9.98 Å². The summed E-state index contributed by atoms with van der Waals surface area (Å²) >= 11 is 0. The van der Waals surface area contributed by atoms with Crippen LogP contribution in [0.4, 0.5) is 0 Å². The van der Waals surface area contributed by atoms with Crippen molar-refractivity contribution >= 4 is 5.96 Å². The first-order chi connectivity index (χ1) is 11.6. The lowest BCUT2D eigenvalue weighted by Crippen LogP contribution is -2.38. The maximum absolute atomic E-state index is 5.42. The number of hydrogen-bond acceptors (Lipinski definition) is 3. The van der Waals surface area contributed by atoms with Crippen LogP contribution >= 0.6 is 0 Å². The smallest absolute Gasteiger partial charge is 0.191 e. The highest BCUT2D eigenvalue weighted by molar-refractivity contribution is 5.79. The molecule has 2 rings (SSSR count). The van der Waals surface area contributed by atoms with E-state index in [1.807, 2.05) is 31.2 Å². The highest BCUT2D eigenvalue weighted by atomic mass is 16.5. The van der Waals surface area contributed by atoms with Gasteiger partial charge in [-0.2, -0.15) is 0 Å². The van der Waals surface area contributed by atoms with Gasteiger partial charge in [0.15, 0.2) is 5.96 Å². The molecule has 1 heterocycles. The van der Waals surface area contributed by atoms with Crippen LogP contribution < -0.4 is 15.4 Å². The number of aryl methyl sites for hydroxylation is 2. The average Bonchev–Trinajstić information content (AvgIpc) is 2.58. The Bertz CT molecular complexity index is 698. The van der Waals surface area contributed by atoms with Crippen molar-refractivity contribution in [3.63, 3.8) is 0 Å². The van der Waals surface area contributed by atoms with E-state index in [-0.39, 0.29) is 0 Å². The molecule has 2 N–H and O–H groups in total. The summed E-state index contributed by atoms with van der Waals surface area (Å²) in [6, 6.07) is 12.2. The minimum atomic E-state index is 0.648. The fourth-order valence-corrected chi connectivity index (χ4v) is 2.51. The topological polar surface area (TPSA) is 58.5 Å². The molecule has 0 unspecified atom stereocenters. The van der Waals surface area contributed by atoms with Crippen LogP contribution in [0.3, 0.4) is 0 Å². The van der Waals surface area contributed by atoms with Gasteiger partial charge in [0.05, 0.1) is 19.3 Å². The largest absolute Gasteiger partial charge is 0.496 e. The molecule has 5 heteroatoms. The van der Waals surface area contributed by atoms with Crippen molar-refractivity contribution in [2.24, 2.45) is 4.99 Å². The Labute approximate surface area is 144 Å². The molecule has 0 radical (unpaired) electrons. The normalized spacial score (nSPS) is 11.2. The van der Waals surface area contributed by atoms with Gasteiger partial charge in [0.25, 0.3) is 0 Å². The fourth-order valence-electron chi connectivity index (χ4n) is 2.51. The first-order valence-electron chi connectivity index (χ1n) is 8.13. The standard InChI is InChI=1S/C19H26N4O/c1-14-8-9-18(24-4)16(12-14)10-11-21-19(20-3)22-13-17-7-5-6-15(2)23-17/h5-9,12H,10-11,13H2,1-4H3,(H2,20,21,22). The summed E-state index contributed by atoms with van der Waals surface area (Å²) in [5, 5.41) is 6.61. The van der Waals surface area contributed by atoms with Crippen molar-refractivity contribution in [2.45, 2.75) is 26.8 Å². The van der Waals surface area contributed by atoms with Crippen molar-refractivity contribution in [1.82, 2.24) is 15.6 Å². The van der Waals surface area contributed by atoms with E-state index < -0.39 is 0 Å². The van der Waals surface area contributed by atoms with Crippen LogP contribution in [0.2, 0.25) is 0 Å². The number of ether oxygens (including phenoxy) is 1. The molecule has 0 aliphatic carbocycles. The molecule has 0 aliphatic heterocycles. The number of hydrogen-bond donors (Lipinski definition) is 2. The Morgan fingerprint density at radius 1 is 1.17 bits per heavy atom. The van der Waals surface area contributed by atoms with E-state index in [4.69, 9.17) is 4.74 Å². The number of benzene rings is 1. The van der Waals surface area contributed by atoms with Crippen LogP contribution in [-0.2, 0) is 13.0 Å². The number of aliphatic imine (C=N–C) groups is 1. The molecule has 24 heavy (non-hydrogen) atoms. The van der Waals surface area contributed by atoms with E-state index in [1.54, 1.807) is 14.2 Å². The van der Waals surface area contributed by atoms with Crippen molar-refractivity contribution in [2.75, 3.05) is 20.7 Å². The summed E-state index contributed by atoms with van der Waals surface area (Å²) in [7, 11) is 3.48. The highest BCUT2D eigenvalue weighted by Crippen LogP contribution is 2.19. The molecule has 128 valence electrons. The lowest BCUT2D eigenvalue weighted by molar-refractivity contribution is 0.409. The molecule has 0 spiro atoms. The monoisotopic (exact) mass is 326 g/mol. The number of methoxy groups -OCH3 is 1. The van der Waals surface area contributed by atoms with Gasteiger partial charge in [-0.05, 0) is 44.0 Å². The second kappa shape index (κ2) is 8.91. The fraction of sp³-hybridized carbons (Fsp3) is 0.368. The molecule has 5 nitrogen and oxygen atoms in total. The third kappa shape index (κ3) is 5.26. The van der Waals surface area contributed by atoms with Crippen molar-refractivity contribution in [3.8, 4) is 5.75 Å². The maximum Gasteiger partial charge on any atom is 0.191 e. The van der Waals surface area contributed by atoms with Gasteiger partial charge in [0.2, 0.25) is 0 Å². The van der Waals surface area contributed by atoms with Crippen LogP contribution in [0, 0.1) is 13.8 Å².